The van der Waals surface area contributed by atoms with Crippen molar-refractivity contribution in [3.63, 3.8) is 0 Å². The molecule has 0 spiro atoms. The Kier molecular flexibility index (Phi) is 4.52. The predicted molar refractivity (Wildman–Crippen MR) is 61.2 cm³/mol. The van der Waals surface area contributed by atoms with Gasteiger partial charge >= 0.3 is 11.9 Å². The molecule has 1 atom stereocenters. The lowest BCUT2D eigenvalue weighted by molar-refractivity contribution is -0.386. The number of nitro groups is 1. The van der Waals surface area contributed by atoms with Crippen LogP contribution in [0.15, 0.2) is 12.1 Å². The standard InChI is InChI=1S/C10H12F3N3O3/c1-3-14-8-5-4-7(16(17)18)9(15-8)19-6(2)10(11,12)13/h4-6H,3H2,1-2H3,(H,14,15). The summed E-state index contributed by atoms with van der Waals surface area (Å²) in [7, 11) is 0. The molecule has 106 valence electrons. The van der Waals surface area contributed by atoms with Crippen molar-refractivity contribution in [1.29, 1.82) is 0 Å². The first-order valence-electron chi connectivity index (χ1n) is 5.38. The Hall–Kier alpha value is -2.06. The molecule has 0 saturated carbocycles. The largest absolute Gasteiger partial charge is 0.460 e. The summed E-state index contributed by atoms with van der Waals surface area (Å²) < 4.78 is 41.7. The Balaban J connectivity index is 3.07. The molecule has 9 heteroatoms. The minimum atomic E-state index is -4.62. The van der Waals surface area contributed by atoms with Gasteiger partial charge in [-0.2, -0.15) is 18.2 Å². The maximum atomic E-state index is 12.4. The molecule has 0 aliphatic rings. The lowest BCUT2D eigenvalue weighted by atomic mass is 10.3. The normalized spacial score (nSPS) is 12.9. The van der Waals surface area contributed by atoms with Gasteiger partial charge in [-0.3, -0.25) is 10.1 Å². The van der Waals surface area contributed by atoms with E-state index in [0.717, 1.165) is 13.0 Å². The van der Waals surface area contributed by atoms with Gasteiger partial charge in [0.05, 0.1) is 4.92 Å². The van der Waals surface area contributed by atoms with Crippen LogP contribution in [0.1, 0.15) is 13.8 Å². The molecule has 19 heavy (non-hydrogen) atoms. The quantitative estimate of drug-likeness (QED) is 0.662. The molecule has 0 bridgehead atoms. The van der Waals surface area contributed by atoms with Crippen LogP contribution >= 0.6 is 0 Å². The third-order valence-corrected chi connectivity index (χ3v) is 2.14. The van der Waals surface area contributed by atoms with Gasteiger partial charge in [-0.05, 0) is 19.9 Å². The molecule has 0 amide bonds. The summed E-state index contributed by atoms with van der Waals surface area (Å²) in [6, 6.07) is 2.34. The first-order valence-corrected chi connectivity index (χ1v) is 5.38. The van der Waals surface area contributed by atoms with E-state index in [1.54, 1.807) is 6.92 Å². The molecule has 0 fully saturated rings. The van der Waals surface area contributed by atoms with E-state index in [0.29, 0.717) is 6.54 Å². The van der Waals surface area contributed by atoms with Gasteiger partial charge in [0.1, 0.15) is 5.82 Å². The Morgan fingerprint density at radius 3 is 2.63 bits per heavy atom. The van der Waals surface area contributed by atoms with Gasteiger partial charge in [0.25, 0.3) is 5.88 Å². The van der Waals surface area contributed by atoms with Gasteiger partial charge in [-0.25, -0.2) is 0 Å². The number of alkyl halides is 3. The van der Waals surface area contributed by atoms with Crippen LogP contribution in [0.2, 0.25) is 0 Å². The van der Waals surface area contributed by atoms with Gasteiger partial charge in [-0.1, -0.05) is 0 Å². The Morgan fingerprint density at radius 1 is 1.53 bits per heavy atom. The zero-order valence-electron chi connectivity index (χ0n) is 10.2. The number of anilines is 1. The first-order chi connectivity index (χ1) is 8.75. The Morgan fingerprint density at radius 2 is 2.16 bits per heavy atom. The van der Waals surface area contributed by atoms with Crippen molar-refractivity contribution in [3.05, 3.63) is 22.2 Å². The van der Waals surface area contributed by atoms with E-state index in [1.807, 2.05) is 0 Å². The second kappa shape index (κ2) is 5.72. The van der Waals surface area contributed by atoms with Crippen LogP contribution in [0, 0.1) is 10.1 Å². The summed E-state index contributed by atoms with van der Waals surface area (Å²) in [5.41, 5.74) is -0.613. The average molecular weight is 279 g/mol. The van der Waals surface area contributed by atoms with E-state index in [2.05, 4.69) is 15.0 Å². The lowest BCUT2D eigenvalue weighted by Gasteiger charge is -2.17. The zero-order chi connectivity index (χ0) is 14.6. The van der Waals surface area contributed by atoms with Gasteiger partial charge in [0, 0.05) is 12.6 Å². The highest BCUT2D eigenvalue weighted by atomic mass is 19.4. The van der Waals surface area contributed by atoms with E-state index in [4.69, 9.17) is 0 Å². The van der Waals surface area contributed by atoms with Crippen molar-refractivity contribution in [2.45, 2.75) is 26.1 Å². The smallest absolute Gasteiger partial charge is 0.425 e. The minimum absolute atomic E-state index is 0.206. The van der Waals surface area contributed by atoms with Crippen LogP contribution in [0.4, 0.5) is 24.7 Å². The SMILES string of the molecule is CCNc1ccc([N+](=O)[O-])c(OC(C)C(F)(F)F)n1. The van der Waals surface area contributed by atoms with Crippen LogP contribution in [0.25, 0.3) is 0 Å². The number of nitrogens with one attached hydrogen (secondary N) is 1. The molecule has 0 radical (unpaired) electrons. The van der Waals surface area contributed by atoms with Crippen molar-refractivity contribution in [2.24, 2.45) is 0 Å². The maximum Gasteiger partial charge on any atom is 0.425 e. The molecule has 1 unspecified atom stereocenters. The summed E-state index contributed by atoms with van der Waals surface area (Å²) in [5.74, 6) is -0.453. The van der Waals surface area contributed by atoms with Gasteiger partial charge < -0.3 is 10.1 Å². The van der Waals surface area contributed by atoms with E-state index in [9.17, 15) is 23.3 Å². The fraction of sp³-hybridized carbons (Fsp3) is 0.500. The fourth-order valence-corrected chi connectivity index (χ4v) is 1.17. The lowest BCUT2D eigenvalue weighted by Crippen LogP contribution is -2.31. The first kappa shape index (κ1) is 15.0. The molecule has 1 heterocycles. The van der Waals surface area contributed by atoms with Crippen LogP contribution in [-0.4, -0.2) is 28.7 Å². The molecule has 0 saturated heterocycles. The zero-order valence-corrected chi connectivity index (χ0v) is 10.2. The molecule has 1 N–H and O–H groups in total. The number of aromatic nitrogens is 1. The highest BCUT2D eigenvalue weighted by Gasteiger charge is 2.39. The Bertz CT molecular complexity index is 465. The molecule has 1 aromatic heterocycles. The summed E-state index contributed by atoms with van der Waals surface area (Å²) in [4.78, 5) is 13.5. The highest BCUT2D eigenvalue weighted by molar-refractivity contribution is 5.49. The van der Waals surface area contributed by atoms with Crippen LogP contribution in [-0.2, 0) is 0 Å². The number of pyridine rings is 1. The summed E-state index contributed by atoms with van der Waals surface area (Å²) in [5, 5.41) is 13.4. The molecule has 0 aliphatic carbocycles. The second-order valence-electron chi connectivity index (χ2n) is 3.61. The number of ether oxygens (including phenoxy) is 1. The van der Waals surface area contributed by atoms with Crippen LogP contribution in [0.5, 0.6) is 5.88 Å². The van der Waals surface area contributed by atoms with Crippen molar-refractivity contribution in [3.8, 4) is 5.88 Å². The fourth-order valence-electron chi connectivity index (χ4n) is 1.17. The van der Waals surface area contributed by atoms with Crippen LogP contribution in [0.3, 0.4) is 0 Å². The van der Waals surface area contributed by atoms with Gasteiger partial charge in [0.15, 0.2) is 6.10 Å². The van der Waals surface area contributed by atoms with E-state index in [-0.39, 0.29) is 5.82 Å². The van der Waals surface area contributed by atoms with E-state index in [1.165, 1.54) is 6.07 Å². The minimum Gasteiger partial charge on any atom is -0.460 e. The summed E-state index contributed by atoms with van der Waals surface area (Å²) in [6.07, 6.45) is -6.81. The molecule has 0 aliphatic heterocycles. The average Bonchev–Trinajstić information content (AvgIpc) is 2.28. The van der Waals surface area contributed by atoms with Gasteiger partial charge in [-0.15, -0.1) is 0 Å². The topological polar surface area (TPSA) is 77.3 Å². The number of halogens is 3. The summed E-state index contributed by atoms with van der Waals surface area (Å²) >= 11 is 0. The molecule has 6 nitrogen and oxygen atoms in total. The molecule has 1 aromatic rings. The molecule has 0 aromatic carbocycles. The van der Waals surface area contributed by atoms with E-state index < -0.39 is 28.8 Å². The number of hydrogen-bond donors (Lipinski definition) is 1. The van der Waals surface area contributed by atoms with Crippen molar-refractivity contribution < 1.29 is 22.8 Å². The van der Waals surface area contributed by atoms with Crippen molar-refractivity contribution in [1.82, 2.24) is 4.98 Å². The highest BCUT2D eigenvalue weighted by Crippen LogP contribution is 2.30. The maximum absolute atomic E-state index is 12.4. The monoisotopic (exact) mass is 279 g/mol. The molecule has 1 rings (SSSR count). The summed E-state index contributed by atoms with van der Waals surface area (Å²) in [6.45, 7) is 2.98. The van der Waals surface area contributed by atoms with E-state index >= 15 is 0 Å². The van der Waals surface area contributed by atoms with Gasteiger partial charge in [0.2, 0.25) is 0 Å². The third-order valence-electron chi connectivity index (χ3n) is 2.14. The predicted octanol–water partition coefficient (Wildman–Crippen LogP) is 2.75. The van der Waals surface area contributed by atoms with Crippen LogP contribution < -0.4 is 10.1 Å². The second-order valence-corrected chi connectivity index (χ2v) is 3.61. The molecular formula is C10H12F3N3O3. The third kappa shape index (κ3) is 3.97. The Labute approximate surface area is 106 Å². The van der Waals surface area contributed by atoms with Crippen molar-refractivity contribution >= 4 is 11.5 Å². The van der Waals surface area contributed by atoms with Crippen molar-refractivity contribution in [2.75, 3.05) is 11.9 Å². The molecular weight excluding hydrogens is 267 g/mol. The number of hydrogen-bond acceptors (Lipinski definition) is 5. The number of nitrogens with zero attached hydrogens (tertiary/aromatic N) is 2. The number of rotatable bonds is 5.